The van der Waals surface area contributed by atoms with Crippen molar-refractivity contribution in [2.45, 2.75) is 13.0 Å². The second-order valence-corrected chi connectivity index (χ2v) is 3.57. The number of hydrogen-bond donors (Lipinski definition) is 1. The highest BCUT2D eigenvalue weighted by Gasteiger charge is 2.05. The minimum Gasteiger partial charge on any atom is -0.472 e. The maximum Gasteiger partial charge on any atom is 0.214 e. The molecule has 0 saturated heterocycles. The molecule has 1 unspecified atom stereocenters. The molecule has 5 heteroatoms. The van der Waals surface area contributed by atoms with Gasteiger partial charge in [-0.3, -0.25) is 0 Å². The smallest absolute Gasteiger partial charge is 0.214 e. The van der Waals surface area contributed by atoms with Crippen molar-refractivity contribution in [1.82, 2.24) is 4.98 Å². The van der Waals surface area contributed by atoms with E-state index in [1.807, 2.05) is 6.92 Å². The SMILES string of the molecule is COCC(C)Oc1cc(C(N)=S)ccn1. The molecule has 0 radical (unpaired) electrons. The molecule has 0 spiro atoms. The molecule has 0 bridgehead atoms. The van der Waals surface area contributed by atoms with Gasteiger partial charge in [-0.05, 0) is 13.0 Å². The van der Waals surface area contributed by atoms with E-state index in [1.54, 1.807) is 25.4 Å². The number of nitrogens with zero attached hydrogens (tertiary/aromatic N) is 1. The van der Waals surface area contributed by atoms with Crippen LogP contribution in [0.2, 0.25) is 0 Å². The Kier molecular flexibility index (Phi) is 4.45. The van der Waals surface area contributed by atoms with Gasteiger partial charge in [0.2, 0.25) is 5.88 Å². The number of ether oxygens (including phenoxy) is 2. The summed E-state index contributed by atoms with van der Waals surface area (Å²) in [5.41, 5.74) is 6.25. The highest BCUT2D eigenvalue weighted by Crippen LogP contribution is 2.11. The van der Waals surface area contributed by atoms with Gasteiger partial charge >= 0.3 is 0 Å². The van der Waals surface area contributed by atoms with Crippen LogP contribution in [0.1, 0.15) is 12.5 Å². The Balaban J connectivity index is 2.69. The van der Waals surface area contributed by atoms with Crippen molar-refractivity contribution in [3.8, 4) is 5.88 Å². The minimum absolute atomic E-state index is 0.0518. The summed E-state index contributed by atoms with van der Waals surface area (Å²) in [6.07, 6.45) is 1.56. The third kappa shape index (κ3) is 3.81. The first-order chi connectivity index (χ1) is 7.13. The number of methoxy groups -OCH3 is 1. The number of pyridine rings is 1. The summed E-state index contributed by atoms with van der Waals surface area (Å²) in [5, 5.41) is 0. The van der Waals surface area contributed by atoms with Crippen LogP contribution in [0.25, 0.3) is 0 Å². The van der Waals surface area contributed by atoms with E-state index in [1.165, 1.54) is 0 Å². The van der Waals surface area contributed by atoms with E-state index >= 15 is 0 Å². The van der Waals surface area contributed by atoms with Crippen molar-refractivity contribution >= 4 is 17.2 Å². The van der Waals surface area contributed by atoms with E-state index in [2.05, 4.69) is 4.98 Å². The van der Waals surface area contributed by atoms with Gasteiger partial charge < -0.3 is 15.2 Å². The predicted octanol–water partition coefficient (Wildman–Crippen LogP) is 1.13. The van der Waals surface area contributed by atoms with Crippen molar-refractivity contribution in [3.05, 3.63) is 23.9 Å². The van der Waals surface area contributed by atoms with Gasteiger partial charge in [0.25, 0.3) is 0 Å². The predicted molar refractivity (Wildman–Crippen MR) is 62.1 cm³/mol. The molecule has 0 aliphatic heterocycles. The van der Waals surface area contributed by atoms with Crippen LogP contribution in [-0.4, -0.2) is 29.8 Å². The average Bonchev–Trinajstić information content (AvgIpc) is 2.18. The number of thiocarbonyl (C=S) groups is 1. The van der Waals surface area contributed by atoms with Crippen LogP contribution in [-0.2, 0) is 4.74 Å². The fourth-order valence-corrected chi connectivity index (χ4v) is 1.23. The third-order valence-electron chi connectivity index (χ3n) is 1.74. The normalized spacial score (nSPS) is 12.1. The molecule has 0 amide bonds. The number of aromatic nitrogens is 1. The quantitative estimate of drug-likeness (QED) is 0.763. The number of rotatable bonds is 5. The van der Waals surface area contributed by atoms with Crippen molar-refractivity contribution in [2.75, 3.05) is 13.7 Å². The third-order valence-corrected chi connectivity index (χ3v) is 1.98. The Hall–Kier alpha value is -1.20. The van der Waals surface area contributed by atoms with E-state index in [9.17, 15) is 0 Å². The molecule has 1 atom stereocenters. The molecule has 2 N–H and O–H groups in total. The van der Waals surface area contributed by atoms with Gasteiger partial charge in [0.1, 0.15) is 11.1 Å². The van der Waals surface area contributed by atoms with Crippen LogP contribution in [0, 0.1) is 0 Å². The van der Waals surface area contributed by atoms with E-state index in [4.69, 9.17) is 27.4 Å². The van der Waals surface area contributed by atoms with Crippen molar-refractivity contribution in [3.63, 3.8) is 0 Å². The Morgan fingerprint density at radius 1 is 1.67 bits per heavy atom. The summed E-state index contributed by atoms with van der Waals surface area (Å²) in [6.45, 7) is 2.41. The lowest BCUT2D eigenvalue weighted by Crippen LogP contribution is -2.19. The topological polar surface area (TPSA) is 57.4 Å². The van der Waals surface area contributed by atoms with Crippen LogP contribution >= 0.6 is 12.2 Å². The molecule has 1 aromatic heterocycles. The maximum atomic E-state index is 5.50. The van der Waals surface area contributed by atoms with Crippen LogP contribution in [0.4, 0.5) is 0 Å². The zero-order chi connectivity index (χ0) is 11.3. The monoisotopic (exact) mass is 226 g/mol. The van der Waals surface area contributed by atoms with Crippen molar-refractivity contribution in [1.29, 1.82) is 0 Å². The Morgan fingerprint density at radius 3 is 3.00 bits per heavy atom. The molecule has 0 aliphatic carbocycles. The van der Waals surface area contributed by atoms with Crippen LogP contribution < -0.4 is 10.5 Å². The highest BCUT2D eigenvalue weighted by atomic mass is 32.1. The summed E-state index contributed by atoms with van der Waals surface area (Å²) in [6, 6.07) is 3.46. The van der Waals surface area contributed by atoms with Crippen molar-refractivity contribution in [2.24, 2.45) is 5.73 Å². The molecule has 1 heterocycles. The molecule has 4 nitrogen and oxygen atoms in total. The lowest BCUT2D eigenvalue weighted by molar-refractivity contribution is 0.0890. The summed E-state index contributed by atoms with van der Waals surface area (Å²) in [5.74, 6) is 0.504. The zero-order valence-electron chi connectivity index (χ0n) is 8.77. The fourth-order valence-electron chi connectivity index (χ4n) is 1.10. The van der Waals surface area contributed by atoms with E-state index in [0.717, 1.165) is 5.56 Å². The van der Waals surface area contributed by atoms with E-state index < -0.39 is 0 Å². The molecule has 0 aliphatic rings. The standard InChI is InChI=1S/C10H14N2O2S/c1-7(6-13-2)14-9-5-8(10(11)15)3-4-12-9/h3-5,7H,6H2,1-2H3,(H2,11,15). The van der Waals surface area contributed by atoms with Gasteiger partial charge in [0, 0.05) is 24.9 Å². The first-order valence-corrected chi connectivity index (χ1v) is 4.95. The molecule has 15 heavy (non-hydrogen) atoms. The zero-order valence-corrected chi connectivity index (χ0v) is 9.58. The van der Waals surface area contributed by atoms with E-state index in [0.29, 0.717) is 17.5 Å². The number of hydrogen-bond acceptors (Lipinski definition) is 4. The average molecular weight is 226 g/mol. The molecular weight excluding hydrogens is 212 g/mol. The minimum atomic E-state index is -0.0518. The first kappa shape index (κ1) is 11.9. The molecule has 1 rings (SSSR count). The summed E-state index contributed by atoms with van der Waals surface area (Å²) in [7, 11) is 1.62. The molecule has 0 saturated carbocycles. The molecule has 0 fully saturated rings. The summed E-state index contributed by atoms with van der Waals surface area (Å²) in [4.78, 5) is 4.39. The molecule has 1 aromatic rings. The van der Waals surface area contributed by atoms with Gasteiger partial charge in [0.15, 0.2) is 0 Å². The largest absolute Gasteiger partial charge is 0.472 e. The van der Waals surface area contributed by atoms with Gasteiger partial charge in [-0.2, -0.15) is 0 Å². The number of nitrogens with two attached hydrogens (primary N) is 1. The van der Waals surface area contributed by atoms with Crippen LogP contribution in [0.15, 0.2) is 18.3 Å². The molecular formula is C10H14N2O2S. The van der Waals surface area contributed by atoms with Gasteiger partial charge in [0.05, 0.1) is 6.61 Å². The summed E-state index contributed by atoms with van der Waals surface area (Å²) < 4.78 is 10.4. The van der Waals surface area contributed by atoms with E-state index in [-0.39, 0.29) is 6.10 Å². The Bertz CT molecular complexity index is 344. The fraction of sp³-hybridized carbons (Fsp3) is 0.400. The van der Waals surface area contributed by atoms with Crippen molar-refractivity contribution < 1.29 is 9.47 Å². The lowest BCUT2D eigenvalue weighted by atomic mass is 10.3. The molecule has 0 aromatic carbocycles. The van der Waals surface area contributed by atoms with Gasteiger partial charge in [-0.25, -0.2) is 4.98 Å². The van der Waals surface area contributed by atoms with Crippen LogP contribution in [0.5, 0.6) is 5.88 Å². The lowest BCUT2D eigenvalue weighted by Gasteiger charge is -2.12. The highest BCUT2D eigenvalue weighted by molar-refractivity contribution is 7.80. The second kappa shape index (κ2) is 5.63. The second-order valence-electron chi connectivity index (χ2n) is 3.13. The van der Waals surface area contributed by atoms with Gasteiger partial charge in [-0.1, -0.05) is 12.2 Å². The molecule has 82 valence electrons. The maximum absolute atomic E-state index is 5.50. The Morgan fingerprint density at radius 2 is 2.40 bits per heavy atom. The Labute approximate surface area is 94.4 Å². The van der Waals surface area contributed by atoms with Gasteiger partial charge in [-0.15, -0.1) is 0 Å². The summed E-state index contributed by atoms with van der Waals surface area (Å²) >= 11 is 4.86. The first-order valence-electron chi connectivity index (χ1n) is 4.55. The van der Waals surface area contributed by atoms with Crippen LogP contribution in [0.3, 0.4) is 0 Å².